The van der Waals surface area contributed by atoms with Crippen LogP contribution in [0.15, 0.2) is 36.8 Å². The Morgan fingerprint density at radius 3 is 3.00 bits per heavy atom. The van der Waals surface area contributed by atoms with Gasteiger partial charge in [0.15, 0.2) is 0 Å². The second kappa shape index (κ2) is 4.28. The standard InChI is InChI=1S/C10H10N3S/c14-7-6-13-5-3-10(12-13)9-2-1-4-11-8-9/h1-5,8H,6-7H2. The minimum Gasteiger partial charge on any atom is -0.271 e. The molecule has 3 nitrogen and oxygen atoms in total. The van der Waals surface area contributed by atoms with E-state index in [0.717, 1.165) is 17.8 Å². The molecule has 0 atom stereocenters. The molecule has 0 aliphatic carbocycles. The van der Waals surface area contributed by atoms with Crippen LogP contribution >= 0.6 is 12.6 Å². The number of hydrogen-bond acceptors (Lipinski definition) is 2. The molecule has 0 amide bonds. The van der Waals surface area contributed by atoms with Crippen LogP contribution in [0.5, 0.6) is 0 Å². The largest absolute Gasteiger partial charge is 0.271 e. The molecule has 0 aliphatic rings. The number of hydrogen-bond donors (Lipinski definition) is 0. The first-order valence-corrected chi connectivity index (χ1v) is 5.00. The van der Waals surface area contributed by atoms with Gasteiger partial charge in [0.1, 0.15) is 0 Å². The fourth-order valence-corrected chi connectivity index (χ4v) is 1.44. The van der Waals surface area contributed by atoms with Gasteiger partial charge in [-0.2, -0.15) is 5.10 Å². The SMILES string of the molecule is [S]CCn1ccc(-c2cccnc2)n1. The fraction of sp³-hybridized carbons (Fsp3) is 0.200. The molecule has 0 aliphatic heterocycles. The first-order chi connectivity index (χ1) is 6.90. The molecular formula is C10H10N3S. The molecule has 0 N–H and O–H groups in total. The highest BCUT2D eigenvalue weighted by atomic mass is 32.1. The molecular weight excluding hydrogens is 194 g/mol. The van der Waals surface area contributed by atoms with Crippen LogP contribution in [0.4, 0.5) is 0 Å². The Hall–Kier alpha value is -1.29. The van der Waals surface area contributed by atoms with Crippen molar-refractivity contribution in [2.24, 2.45) is 0 Å². The molecule has 0 fully saturated rings. The van der Waals surface area contributed by atoms with Crippen molar-refractivity contribution < 1.29 is 0 Å². The van der Waals surface area contributed by atoms with Crippen LogP contribution in [0, 0.1) is 0 Å². The van der Waals surface area contributed by atoms with Gasteiger partial charge in [0.25, 0.3) is 0 Å². The summed E-state index contributed by atoms with van der Waals surface area (Å²) in [6, 6.07) is 5.87. The van der Waals surface area contributed by atoms with Crippen LogP contribution in [0.25, 0.3) is 11.3 Å². The maximum Gasteiger partial charge on any atom is 0.0938 e. The molecule has 71 valence electrons. The summed E-state index contributed by atoms with van der Waals surface area (Å²) < 4.78 is 1.86. The lowest BCUT2D eigenvalue weighted by Crippen LogP contribution is -1.99. The van der Waals surface area contributed by atoms with Gasteiger partial charge in [-0.25, -0.2) is 0 Å². The molecule has 0 spiro atoms. The lowest BCUT2D eigenvalue weighted by molar-refractivity contribution is 0.670. The topological polar surface area (TPSA) is 30.7 Å². The van der Waals surface area contributed by atoms with Gasteiger partial charge in [0, 0.05) is 29.9 Å². The third-order valence-corrected chi connectivity index (χ3v) is 2.10. The van der Waals surface area contributed by atoms with Crippen molar-refractivity contribution in [3.8, 4) is 11.3 Å². The van der Waals surface area contributed by atoms with Gasteiger partial charge in [-0.1, -0.05) is 12.6 Å². The van der Waals surface area contributed by atoms with E-state index in [2.05, 4.69) is 10.1 Å². The first kappa shape index (κ1) is 9.27. The van der Waals surface area contributed by atoms with E-state index in [-0.39, 0.29) is 0 Å². The zero-order valence-electron chi connectivity index (χ0n) is 7.63. The van der Waals surface area contributed by atoms with Gasteiger partial charge in [0.2, 0.25) is 0 Å². The van der Waals surface area contributed by atoms with Gasteiger partial charge < -0.3 is 0 Å². The third-order valence-electron chi connectivity index (χ3n) is 1.92. The number of aromatic nitrogens is 3. The van der Waals surface area contributed by atoms with Crippen molar-refractivity contribution in [2.75, 3.05) is 5.75 Å². The lowest BCUT2D eigenvalue weighted by atomic mass is 10.2. The Balaban J connectivity index is 2.25. The molecule has 0 saturated heterocycles. The summed E-state index contributed by atoms with van der Waals surface area (Å²) in [5.74, 6) is 0.689. The summed E-state index contributed by atoms with van der Waals surface area (Å²) in [6.45, 7) is 0.787. The predicted octanol–water partition coefficient (Wildman–Crippen LogP) is 2.14. The van der Waals surface area contributed by atoms with Gasteiger partial charge in [0.05, 0.1) is 12.2 Å². The summed E-state index contributed by atoms with van der Waals surface area (Å²) in [5.41, 5.74) is 1.98. The normalized spacial score (nSPS) is 10.4. The molecule has 2 aromatic heterocycles. The minimum absolute atomic E-state index is 0.689. The summed E-state index contributed by atoms with van der Waals surface area (Å²) in [6.07, 6.45) is 5.50. The maximum absolute atomic E-state index is 4.89. The monoisotopic (exact) mass is 204 g/mol. The Morgan fingerprint density at radius 2 is 2.29 bits per heavy atom. The van der Waals surface area contributed by atoms with Crippen LogP contribution in [0.2, 0.25) is 0 Å². The molecule has 2 heterocycles. The van der Waals surface area contributed by atoms with Crippen molar-refractivity contribution in [3.05, 3.63) is 36.8 Å². The average Bonchev–Trinajstić information content (AvgIpc) is 2.68. The fourth-order valence-electron chi connectivity index (χ4n) is 1.25. The van der Waals surface area contributed by atoms with Crippen molar-refractivity contribution in [1.82, 2.24) is 14.8 Å². The highest BCUT2D eigenvalue weighted by Crippen LogP contribution is 2.14. The Kier molecular flexibility index (Phi) is 2.84. The number of rotatable bonds is 3. The molecule has 2 rings (SSSR count). The van der Waals surface area contributed by atoms with Gasteiger partial charge in [-0.3, -0.25) is 9.67 Å². The number of nitrogens with zero attached hydrogens (tertiary/aromatic N) is 3. The van der Waals surface area contributed by atoms with Crippen LogP contribution in [-0.4, -0.2) is 20.5 Å². The zero-order chi connectivity index (χ0) is 9.80. The van der Waals surface area contributed by atoms with Crippen molar-refractivity contribution >= 4 is 12.6 Å². The summed E-state index contributed by atoms with van der Waals surface area (Å²) in [4.78, 5) is 4.05. The highest BCUT2D eigenvalue weighted by Gasteiger charge is 2.00. The Labute approximate surface area is 88.2 Å². The van der Waals surface area contributed by atoms with Gasteiger partial charge >= 0.3 is 0 Å². The van der Waals surface area contributed by atoms with E-state index < -0.39 is 0 Å². The number of pyridine rings is 1. The summed E-state index contributed by atoms with van der Waals surface area (Å²) in [5, 5.41) is 4.38. The van der Waals surface area contributed by atoms with Crippen LogP contribution < -0.4 is 0 Å². The smallest absolute Gasteiger partial charge is 0.0938 e. The predicted molar refractivity (Wildman–Crippen MR) is 57.9 cm³/mol. The van der Waals surface area contributed by atoms with E-state index >= 15 is 0 Å². The van der Waals surface area contributed by atoms with E-state index in [4.69, 9.17) is 12.6 Å². The highest BCUT2D eigenvalue weighted by molar-refractivity contribution is 7.80. The molecule has 4 heteroatoms. The van der Waals surface area contributed by atoms with E-state index in [1.54, 1.807) is 12.4 Å². The van der Waals surface area contributed by atoms with E-state index in [1.165, 1.54) is 0 Å². The second-order valence-electron chi connectivity index (χ2n) is 2.91. The van der Waals surface area contributed by atoms with Gasteiger partial charge in [-0.05, 0) is 18.2 Å². The number of aryl methyl sites for hydroxylation is 1. The molecule has 2 aromatic rings. The lowest BCUT2D eigenvalue weighted by Gasteiger charge is -1.96. The molecule has 0 bridgehead atoms. The summed E-state index contributed by atoms with van der Waals surface area (Å²) in [7, 11) is 0. The van der Waals surface area contributed by atoms with Crippen LogP contribution in [0.1, 0.15) is 0 Å². The summed E-state index contributed by atoms with van der Waals surface area (Å²) >= 11 is 4.89. The van der Waals surface area contributed by atoms with E-state index in [9.17, 15) is 0 Å². The molecule has 0 unspecified atom stereocenters. The Bertz CT molecular complexity index is 397. The quantitative estimate of drug-likeness (QED) is 0.767. The van der Waals surface area contributed by atoms with E-state index in [1.807, 2.05) is 29.1 Å². The van der Waals surface area contributed by atoms with Gasteiger partial charge in [-0.15, -0.1) is 0 Å². The molecule has 0 aromatic carbocycles. The molecule has 0 saturated carbocycles. The third kappa shape index (κ3) is 1.96. The molecule has 1 radical (unpaired) electrons. The average molecular weight is 204 g/mol. The maximum atomic E-state index is 4.89. The zero-order valence-corrected chi connectivity index (χ0v) is 8.44. The van der Waals surface area contributed by atoms with Crippen molar-refractivity contribution in [3.63, 3.8) is 0 Å². The van der Waals surface area contributed by atoms with Crippen molar-refractivity contribution in [2.45, 2.75) is 6.54 Å². The Morgan fingerprint density at radius 1 is 1.36 bits per heavy atom. The van der Waals surface area contributed by atoms with Crippen LogP contribution in [0.3, 0.4) is 0 Å². The minimum atomic E-state index is 0.689. The van der Waals surface area contributed by atoms with Crippen molar-refractivity contribution in [1.29, 1.82) is 0 Å². The molecule has 14 heavy (non-hydrogen) atoms. The van der Waals surface area contributed by atoms with E-state index in [0.29, 0.717) is 5.75 Å². The van der Waals surface area contributed by atoms with Crippen LogP contribution in [-0.2, 0) is 6.54 Å². The second-order valence-corrected chi connectivity index (χ2v) is 3.32. The first-order valence-electron chi connectivity index (χ1n) is 4.42.